The number of benzene rings is 2. The summed E-state index contributed by atoms with van der Waals surface area (Å²) < 4.78 is 27.1. The minimum absolute atomic E-state index is 0.0445. The SMILES string of the molecule is CC(=O)C(N)c1ccc(NS(=O)(=O)c2cccc(Cl)c2Cl)cc1. The van der Waals surface area contributed by atoms with E-state index in [1.807, 2.05) is 0 Å². The zero-order valence-corrected chi connectivity index (χ0v) is 14.4. The fourth-order valence-corrected chi connectivity index (χ4v) is 3.72. The molecule has 0 aromatic heterocycles. The van der Waals surface area contributed by atoms with E-state index in [1.54, 1.807) is 12.1 Å². The van der Waals surface area contributed by atoms with Gasteiger partial charge in [-0.2, -0.15) is 0 Å². The quantitative estimate of drug-likeness (QED) is 0.841. The summed E-state index contributed by atoms with van der Waals surface area (Å²) in [7, 11) is -3.88. The molecule has 0 aliphatic carbocycles. The molecular formula is C15H14Cl2N2O3S. The minimum atomic E-state index is -3.88. The summed E-state index contributed by atoms with van der Waals surface area (Å²) >= 11 is 11.8. The second-order valence-corrected chi connectivity index (χ2v) is 7.30. The van der Waals surface area contributed by atoms with Crippen molar-refractivity contribution in [2.75, 3.05) is 4.72 Å². The molecule has 0 spiro atoms. The van der Waals surface area contributed by atoms with E-state index in [9.17, 15) is 13.2 Å². The zero-order chi connectivity index (χ0) is 17.2. The Balaban J connectivity index is 2.28. The number of rotatable bonds is 5. The van der Waals surface area contributed by atoms with Crippen molar-refractivity contribution in [2.24, 2.45) is 5.73 Å². The van der Waals surface area contributed by atoms with Gasteiger partial charge in [0.25, 0.3) is 10.0 Å². The van der Waals surface area contributed by atoms with Crippen LogP contribution in [0.15, 0.2) is 47.4 Å². The Kier molecular flexibility index (Phi) is 5.31. The number of carbonyl (C=O) groups excluding carboxylic acids is 1. The first-order valence-corrected chi connectivity index (χ1v) is 8.79. The Hall–Kier alpha value is -1.60. The fourth-order valence-electron chi connectivity index (χ4n) is 1.89. The van der Waals surface area contributed by atoms with Gasteiger partial charge in [0, 0.05) is 5.69 Å². The maximum absolute atomic E-state index is 12.4. The van der Waals surface area contributed by atoms with Crippen LogP contribution in [0.3, 0.4) is 0 Å². The first-order valence-electron chi connectivity index (χ1n) is 6.55. The van der Waals surface area contributed by atoms with Crippen LogP contribution in [0.1, 0.15) is 18.5 Å². The minimum Gasteiger partial charge on any atom is -0.318 e. The largest absolute Gasteiger partial charge is 0.318 e. The summed E-state index contributed by atoms with van der Waals surface area (Å²) in [6, 6.07) is 9.84. The molecule has 2 aromatic rings. The molecule has 23 heavy (non-hydrogen) atoms. The molecule has 122 valence electrons. The van der Waals surface area contributed by atoms with Crippen LogP contribution in [-0.4, -0.2) is 14.2 Å². The lowest BCUT2D eigenvalue weighted by atomic mass is 10.0. The molecular weight excluding hydrogens is 359 g/mol. The van der Waals surface area contributed by atoms with Gasteiger partial charge in [-0.1, -0.05) is 41.4 Å². The molecule has 5 nitrogen and oxygen atoms in total. The fraction of sp³-hybridized carbons (Fsp3) is 0.133. The second kappa shape index (κ2) is 6.88. The molecule has 1 atom stereocenters. The molecule has 0 bridgehead atoms. The van der Waals surface area contributed by atoms with Gasteiger partial charge >= 0.3 is 0 Å². The van der Waals surface area contributed by atoms with Gasteiger partial charge in [0.2, 0.25) is 0 Å². The summed E-state index contributed by atoms with van der Waals surface area (Å²) in [5.41, 5.74) is 6.64. The molecule has 0 fully saturated rings. The molecule has 8 heteroatoms. The van der Waals surface area contributed by atoms with Crippen LogP contribution in [0.4, 0.5) is 5.69 Å². The van der Waals surface area contributed by atoms with Gasteiger partial charge in [0.1, 0.15) is 4.90 Å². The number of sulfonamides is 1. The number of hydrogen-bond donors (Lipinski definition) is 2. The Morgan fingerprint density at radius 2 is 1.74 bits per heavy atom. The van der Waals surface area contributed by atoms with Crippen molar-refractivity contribution < 1.29 is 13.2 Å². The summed E-state index contributed by atoms with van der Waals surface area (Å²) in [5, 5.41) is 0.106. The zero-order valence-electron chi connectivity index (χ0n) is 12.1. The predicted molar refractivity (Wildman–Crippen MR) is 91.3 cm³/mol. The van der Waals surface area contributed by atoms with Crippen molar-refractivity contribution in [1.29, 1.82) is 0 Å². The van der Waals surface area contributed by atoms with E-state index in [-0.39, 0.29) is 20.7 Å². The van der Waals surface area contributed by atoms with Gasteiger partial charge < -0.3 is 5.73 Å². The molecule has 2 aromatic carbocycles. The highest BCUT2D eigenvalue weighted by Crippen LogP contribution is 2.30. The van der Waals surface area contributed by atoms with Crippen LogP contribution in [0, 0.1) is 0 Å². The number of nitrogens with one attached hydrogen (secondary N) is 1. The van der Waals surface area contributed by atoms with Crippen LogP contribution in [-0.2, 0) is 14.8 Å². The number of Topliss-reactive ketones (excluding diaryl/α,β-unsaturated/α-hetero) is 1. The van der Waals surface area contributed by atoms with Crippen LogP contribution in [0.5, 0.6) is 0 Å². The molecule has 0 heterocycles. The molecule has 0 amide bonds. The predicted octanol–water partition coefficient (Wildman–Crippen LogP) is 3.38. The third-order valence-electron chi connectivity index (χ3n) is 3.17. The van der Waals surface area contributed by atoms with Gasteiger partial charge in [0.15, 0.2) is 5.78 Å². The normalized spacial score (nSPS) is 12.7. The average Bonchev–Trinajstić information content (AvgIpc) is 2.49. The topological polar surface area (TPSA) is 89.3 Å². The van der Waals surface area contributed by atoms with E-state index in [1.165, 1.54) is 37.3 Å². The van der Waals surface area contributed by atoms with E-state index < -0.39 is 16.1 Å². The first-order chi connectivity index (χ1) is 10.7. The molecule has 2 rings (SSSR count). The number of nitrogens with two attached hydrogens (primary N) is 1. The average molecular weight is 373 g/mol. The van der Waals surface area contributed by atoms with Crippen molar-refractivity contribution in [1.82, 2.24) is 0 Å². The molecule has 1 unspecified atom stereocenters. The van der Waals surface area contributed by atoms with Crippen LogP contribution in [0.2, 0.25) is 10.0 Å². The van der Waals surface area contributed by atoms with Gasteiger partial charge in [0.05, 0.1) is 16.1 Å². The molecule has 0 aliphatic rings. The monoisotopic (exact) mass is 372 g/mol. The lowest BCUT2D eigenvalue weighted by Gasteiger charge is -2.12. The van der Waals surface area contributed by atoms with Crippen LogP contribution in [0.25, 0.3) is 0 Å². The Bertz CT molecular complexity index is 836. The molecule has 0 saturated heterocycles. The highest BCUT2D eigenvalue weighted by atomic mass is 35.5. The summed E-state index contributed by atoms with van der Waals surface area (Å²) in [6.07, 6.45) is 0. The number of carbonyl (C=O) groups is 1. The summed E-state index contributed by atoms with van der Waals surface area (Å²) in [6.45, 7) is 1.39. The van der Waals surface area contributed by atoms with Gasteiger partial charge in [-0.05, 0) is 36.8 Å². The van der Waals surface area contributed by atoms with E-state index >= 15 is 0 Å². The van der Waals surface area contributed by atoms with Crippen molar-refractivity contribution in [2.45, 2.75) is 17.9 Å². The van der Waals surface area contributed by atoms with Crippen molar-refractivity contribution in [3.05, 3.63) is 58.1 Å². The highest BCUT2D eigenvalue weighted by Gasteiger charge is 2.20. The third kappa shape index (κ3) is 4.03. The number of hydrogen-bond acceptors (Lipinski definition) is 4. The van der Waals surface area contributed by atoms with Crippen molar-refractivity contribution in [3.63, 3.8) is 0 Å². The van der Waals surface area contributed by atoms with E-state index in [0.717, 1.165) is 0 Å². The lowest BCUT2D eigenvalue weighted by molar-refractivity contribution is -0.118. The number of anilines is 1. The number of halogens is 2. The van der Waals surface area contributed by atoms with Gasteiger partial charge in [-0.15, -0.1) is 0 Å². The van der Waals surface area contributed by atoms with Crippen LogP contribution < -0.4 is 10.5 Å². The van der Waals surface area contributed by atoms with Gasteiger partial charge in [-0.25, -0.2) is 8.42 Å². The lowest BCUT2D eigenvalue weighted by Crippen LogP contribution is -2.18. The molecule has 0 aliphatic heterocycles. The van der Waals surface area contributed by atoms with Crippen molar-refractivity contribution >= 4 is 44.7 Å². The Morgan fingerprint density at radius 3 is 2.30 bits per heavy atom. The van der Waals surface area contributed by atoms with E-state index in [2.05, 4.69) is 4.72 Å². The molecule has 3 N–H and O–H groups in total. The smallest absolute Gasteiger partial charge is 0.263 e. The highest BCUT2D eigenvalue weighted by molar-refractivity contribution is 7.92. The van der Waals surface area contributed by atoms with E-state index in [4.69, 9.17) is 28.9 Å². The first kappa shape index (κ1) is 17.7. The van der Waals surface area contributed by atoms with Crippen molar-refractivity contribution in [3.8, 4) is 0 Å². The van der Waals surface area contributed by atoms with E-state index in [0.29, 0.717) is 11.3 Å². The van der Waals surface area contributed by atoms with Crippen LogP contribution >= 0.6 is 23.2 Å². The summed E-state index contributed by atoms with van der Waals surface area (Å²) in [5.74, 6) is -0.177. The second-order valence-electron chi connectivity index (χ2n) is 4.87. The Morgan fingerprint density at radius 1 is 1.13 bits per heavy atom. The number of ketones is 1. The summed E-state index contributed by atoms with van der Waals surface area (Å²) in [4.78, 5) is 11.1. The maximum Gasteiger partial charge on any atom is 0.263 e. The Labute approximate surface area is 144 Å². The third-order valence-corrected chi connectivity index (χ3v) is 5.52. The molecule has 0 saturated carbocycles. The van der Waals surface area contributed by atoms with Gasteiger partial charge in [-0.3, -0.25) is 9.52 Å². The molecule has 0 radical (unpaired) electrons. The maximum atomic E-state index is 12.4. The standard InChI is InChI=1S/C15H14Cl2N2O3S/c1-9(20)15(18)10-5-7-11(8-6-10)19-23(21,22)13-4-2-3-12(16)14(13)17/h2-8,15,19H,18H2,1H3.